The molecule has 2 N–H and O–H groups in total. The Balaban J connectivity index is 1.46. The molecule has 1 saturated heterocycles. The minimum Gasteiger partial charge on any atom is -0.494 e. The van der Waals surface area contributed by atoms with E-state index in [0.29, 0.717) is 13.2 Å². The topological polar surface area (TPSA) is 62.8 Å². The Morgan fingerprint density at radius 3 is 2.32 bits per heavy atom. The summed E-state index contributed by atoms with van der Waals surface area (Å²) in [6.45, 7) is 8.87. The van der Waals surface area contributed by atoms with Crippen LogP contribution in [-0.4, -0.2) is 38.4 Å². The van der Waals surface area contributed by atoms with Gasteiger partial charge in [-0.05, 0) is 62.7 Å². The molecule has 0 aliphatic carbocycles. The molecular formula is C22H29N3O3. The largest absolute Gasteiger partial charge is 0.494 e. The fourth-order valence-electron chi connectivity index (χ4n) is 3.16. The number of urea groups is 1. The standard InChI is InChI=1S/C22H29N3O3/c1-4-23-22(26)24-16(3)17-6-10-20(11-7-17)28-21-14-25(15-21)18-8-12-19(13-9-18)27-5-2/h6-13,16,21H,4-5,14-15H2,1-3H3,(H2,23,24,26). The van der Waals surface area contributed by atoms with Crippen LogP contribution < -0.4 is 25.0 Å². The van der Waals surface area contributed by atoms with Gasteiger partial charge < -0.3 is 25.0 Å². The molecule has 1 atom stereocenters. The number of hydrogen-bond donors (Lipinski definition) is 2. The molecule has 6 heteroatoms. The van der Waals surface area contributed by atoms with E-state index in [1.165, 1.54) is 5.69 Å². The van der Waals surface area contributed by atoms with E-state index >= 15 is 0 Å². The van der Waals surface area contributed by atoms with Crippen molar-refractivity contribution in [2.45, 2.75) is 32.9 Å². The number of nitrogens with zero attached hydrogens (tertiary/aromatic N) is 1. The van der Waals surface area contributed by atoms with Gasteiger partial charge in [0.25, 0.3) is 0 Å². The molecule has 0 spiro atoms. The zero-order valence-electron chi connectivity index (χ0n) is 16.8. The van der Waals surface area contributed by atoms with Crippen LogP contribution in [0.15, 0.2) is 48.5 Å². The highest BCUT2D eigenvalue weighted by Crippen LogP contribution is 2.26. The lowest BCUT2D eigenvalue weighted by Crippen LogP contribution is -2.54. The molecule has 0 saturated carbocycles. The van der Waals surface area contributed by atoms with Crippen LogP contribution in [0, 0.1) is 0 Å². The number of hydrogen-bond acceptors (Lipinski definition) is 4. The van der Waals surface area contributed by atoms with Crippen molar-refractivity contribution in [3.05, 3.63) is 54.1 Å². The number of rotatable bonds is 8. The van der Waals surface area contributed by atoms with E-state index in [4.69, 9.17) is 9.47 Å². The van der Waals surface area contributed by atoms with Crippen LogP contribution in [0.1, 0.15) is 32.4 Å². The monoisotopic (exact) mass is 383 g/mol. The van der Waals surface area contributed by atoms with Crippen molar-refractivity contribution < 1.29 is 14.3 Å². The summed E-state index contributed by atoms with van der Waals surface area (Å²) in [5.41, 5.74) is 2.23. The first-order chi connectivity index (χ1) is 13.6. The van der Waals surface area contributed by atoms with E-state index in [2.05, 4.69) is 27.7 Å². The van der Waals surface area contributed by atoms with Crippen molar-refractivity contribution in [3.63, 3.8) is 0 Å². The van der Waals surface area contributed by atoms with Gasteiger partial charge in [0, 0.05) is 12.2 Å². The van der Waals surface area contributed by atoms with Gasteiger partial charge in [-0.3, -0.25) is 0 Å². The Kier molecular flexibility index (Phi) is 6.63. The van der Waals surface area contributed by atoms with Crippen molar-refractivity contribution in [2.24, 2.45) is 0 Å². The number of anilines is 1. The summed E-state index contributed by atoms with van der Waals surface area (Å²) in [5, 5.41) is 5.65. The van der Waals surface area contributed by atoms with E-state index in [9.17, 15) is 4.79 Å². The fourth-order valence-corrected chi connectivity index (χ4v) is 3.16. The SMILES string of the molecule is CCNC(=O)NC(C)c1ccc(OC2CN(c3ccc(OCC)cc3)C2)cc1. The molecule has 0 radical (unpaired) electrons. The number of amides is 2. The van der Waals surface area contributed by atoms with Crippen molar-refractivity contribution in [1.29, 1.82) is 0 Å². The summed E-state index contributed by atoms with van der Waals surface area (Å²) in [5.74, 6) is 1.75. The van der Waals surface area contributed by atoms with E-state index in [0.717, 1.165) is 30.2 Å². The third-order valence-electron chi connectivity index (χ3n) is 4.73. The smallest absolute Gasteiger partial charge is 0.315 e. The molecule has 28 heavy (non-hydrogen) atoms. The highest BCUT2D eigenvalue weighted by atomic mass is 16.5. The van der Waals surface area contributed by atoms with E-state index < -0.39 is 0 Å². The molecule has 1 heterocycles. The predicted octanol–water partition coefficient (Wildman–Crippen LogP) is 3.73. The Bertz CT molecular complexity index is 756. The average molecular weight is 383 g/mol. The van der Waals surface area contributed by atoms with Crippen LogP contribution in [-0.2, 0) is 0 Å². The van der Waals surface area contributed by atoms with E-state index in [1.54, 1.807) is 0 Å². The Labute approximate surface area is 166 Å². The second-order valence-electron chi connectivity index (χ2n) is 6.87. The van der Waals surface area contributed by atoms with Crippen molar-refractivity contribution in [3.8, 4) is 11.5 Å². The second kappa shape index (κ2) is 9.35. The number of carbonyl (C=O) groups excluding carboxylic acids is 1. The lowest BCUT2D eigenvalue weighted by Gasteiger charge is -2.40. The minimum atomic E-state index is -0.154. The molecule has 1 fully saturated rings. The molecule has 2 amide bonds. The Morgan fingerprint density at radius 2 is 1.71 bits per heavy atom. The summed E-state index contributed by atoms with van der Waals surface area (Å²) < 4.78 is 11.5. The second-order valence-corrected chi connectivity index (χ2v) is 6.87. The number of nitrogens with one attached hydrogen (secondary N) is 2. The normalized spacial score (nSPS) is 14.8. The summed E-state index contributed by atoms with van der Waals surface area (Å²) >= 11 is 0. The zero-order valence-corrected chi connectivity index (χ0v) is 16.8. The first-order valence-electron chi connectivity index (χ1n) is 9.87. The zero-order chi connectivity index (χ0) is 19.9. The van der Waals surface area contributed by atoms with Crippen LogP contribution in [0.3, 0.4) is 0 Å². The third kappa shape index (κ3) is 5.09. The van der Waals surface area contributed by atoms with Crippen LogP contribution in [0.25, 0.3) is 0 Å². The molecule has 2 aromatic rings. The lowest BCUT2D eigenvalue weighted by atomic mass is 10.1. The van der Waals surface area contributed by atoms with Crippen molar-refractivity contribution >= 4 is 11.7 Å². The number of benzene rings is 2. The number of carbonyl (C=O) groups is 1. The van der Waals surface area contributed by atoms with Gasteiger partial charge in [0.05, 0.1) is 25.7 Å². The Hall–Kier alpha value is -2.89. The quantitative estimate of drug-likeness (QED) is 0.729. The van der Waals surface area contributed by atoms with E-state index in [1.807, 2.05) is 57.2 Å². The first kappa shape index (κ1) is 19.9. The van der Waals surface area contributed by atoms with Crippen LogP contribution in [0.4, 0.5) is 10.5 Å². The van der Waals surface area contributed by atoms with Gasteiger partial charge in [0.2, 0.25) is 0 Å². The minimum absolute atomic E-state index is 0.0561. The highest BCUT2D eigenvalue weighted by Gasteiger charge is 2.28. The molecule has 1 unspecified atom stereocenters. The van der Waals surface area contributed by atoms with Gasteiger partial charge in [0.15, 0.2) is 0 Å². The van der Waals surface area contributed by atoms with Crippen LogP contribution in [0.5, 0.6) is 11.5 Å². The third-order valence-corrected chi connectivity index (χ3v) is 4.73. The molecule has 3 rings (SSSR count). The maximum Gasteiger partial charge on any atom is 0.315 e. The summed E-state index contributed by atoms with van der Waals surface area (Å²) in [6, 6.07) is 15.9. The maximum atomic E-state index is 11.6. The van der Waals surface area contributed by atoms with Gasteiger partial charge >= 0.3 is 6.03 Å². The predicted molar refractivity (Wildman–Crippen MR) is 111 cm³/mol. The van der Waals surface area contributed by atoms with E-state index in [-0.39, 0.29) is 18.2 Å². The van der Waals surface area contributed by atoms with Gasteiger partial charge in [0.1, 0.15) is 17.6 Å². The molecule has 150 valence electrons. The molecule has 0 aromatic heterocycles. The number of ether oxygens (including phenoxy) is 2. The molecular weight excluding hydrogens is 354 g/mol. The van der Waals surface area contributed by atoms with Gasteiger partial charge in [-0.1, -0.05) is 12.1 Å². The summed E-state index contributed by atoms with van der Waals surface area (Å²) in [7, 11) is 0. The van der Waals surface area contributed by atoms with Crippen LogP contribution in [0.2, 0.25) is 0 Å². The molecule has 0 bridgehead atoms. The summed E-state index contributed by atoms with van der Waals surface area (Å²) in [6.07, 6.45) is 0.184. The maximum absolute atomic E-state index is 11.6. The summed E-state index contributed by atoms with van der Waals surface area (Å²) in [4.78, 5) is 13.9. The highest BCUT2D eigenvalue weighted by molar-refractivity contribution is 5.74. The van der Waals surface area contributed by atoms with Gasteiger partial charge in [-0.15, -0.1) is 0 Å². The Morgan fingerprint density at radius 1 is 1.07 bits per heavy atom. The van der Waals surface area contributed by atoms with Crippen LogP contribution >= 0.6 is 0 Å². The fraction of sp³-hybridized carbons (Fsp3) is 0.409. The first-order valence-corrected chi connectivity index (χ1v) is 9.87. The lowest BCUT2D eigenvalue weighted by molar-refractivity contribution is 0.167. The van der Waals surface area contributed by atoms with Crippen molar-refractivity contribution in [2.75, 3.05) is 31.1 Å². The molecule has 1 aliphatic heterocycles. The molecule has 1 aliphatic rings. The van der Waals surface area contributed by atoms with Gasteiger partial charge in [-0.25, -0.2) is 4.79 Å². The molecule has 6 nitrogen and oxygen atoms in total. The van der Waals surface area contributed by atoms with Crippen molar-refractivity contribution in [1.82, 2.24) is 10.6 Å². The van der Waals surface area contributed by atoms with Gasteiger partial charge in [-0.2, -0.15) is 0 Å². The molecule has 2 aromatic carbocycles. The average Bonchev–Trinajstić information content (AvgIpc) is 2.66.